The number of hydrogen-bond acceptors (Lipinski definition) is 6. The van der Waals surface area contributed by atoms with Crippen LogP contribution in [0.3, 0.4) is 0 Å². The Labute approximate surface area is 282 Å². The molecule has 1 spiro atoms. The molecule has 1 aliphatic heterocycles. The van der Waals surface area contributed by atoms with Gasteiger partial charge >= 0.3 is 17.5 Å². The van der Waals surface area contributed by atoms with E-state index in [2.05, 4.69) is 47.6 Å². The molecule has 6 aliphatic rings. The van der Waals surface area contributed by atoms with Gasteiger partial charge in [0, 0.05) is 12.8 Å². The van der Waals surface area contributed by atoms with Crippen LogP contribution in [0.25, 0.3) is 4.85 Å². The van der Waals surface area contributed by atoms with Gasteiger partial charge in [-0.3, -0.25) is 14.4 Å². The van der Waals surface area contributed by atoms with E-state index in [0.29, 0.717) is 12.3 Å². The lowest BCUT2D eigenvalue weighted by atomic mass is 9.30. The number of carbonyl (C=O) groups is 4. The third kappa shape index (κ3) is 4.40. The number of allylic oxidation sites excluding steroid dienone is 2. The van der Waals surface area contributed by atoms with Gasteiger partial charge in [0.2, 0.25) is 5.41 Å². The summed E-state index contributed by atoms with van der Waals surface area (Å²) in [5, 5.41) is 0. The molecular weight excluding hydrogens is 590 g/mol. The van der Waals surface area contributed by atoms with Gasteiger partial charge in [0.15, 0.2) is 5.78 Å². The standard InChI is InChI=1S/C40H58NO6/c1-24(2)30-26(43)20-39(23-42)18-16-35(8)25(31(30)39)12-13-27-36(35,9)17-19-40-37(27,10)15-14-28(38(40,11)22-41-40)46-29(44)21-34(6,7)32(45)47-33(3,4)5/h23-25,27-28H,12-21H2,1-11H3/q+1/t25-,27+,28+,35-,36-,37-,38-,39+,40-/m1/s1. The molecular formula is C40H58NO6+. The minimum absolute atomic E-state index is 0.0126. The third-order valence-corrected chi connectivity index (χ3v) is 14.9. The Balaban J connectivity index is 1.27. The molecule has 0 bridgehead atoms. The molecule has 0 aromatic carbocycles. The van der Waals surface area contributed by atoms with Crippen molar-refractivity contribution in [2.75, 3.05) is 0 Å². The van der Waals surface area contributed by atoms with E-state index in [9.17, 15) is 19.2 Å². The molecule has 0 amide bonds. The summed E-state index contributed by atoms with van der Waals surface area (Å²) in [6.45, 7) is 22.8. The zero-order chi connectivity index (χ0) is 34.8. The maximum atomic E-state index is 13.4. The van der Waals surface area contributed by atoms with Crippen molar-refractivity contribution in [3.05, 3.63) is 16.0 Å². The highest BCUT2D eigenvalue weighted by Gasteiger charge is 2.85. The fraction of sp³-hybridized carbons (Fsp3) is 0.825. The summed E-state index contributed by atoms with van der Waals surface area (Å²) in [5.74, 6) is 0.159. The molecule has 6 rings (SSSR count). The molecule has 0 N–H and O–H groups in total. The number of hydrogen-bond donors (Lipinski definition) is 0. The topological polar surface area (TPSA) is 91.1 Å². The fourth-order valence-corrected chi connectivity index (χ4v) is 12.2. The average Bonchev–Trinajstić information content (AvgIpc) is 3.25. The number of nitrogens with zero attached hydrogens (tertiary/aromatic N) is 1. The summed E-state index contributed by atoms with van der Waals surface area (Å²) in [4.78, 5) is 57.7. The molecule has 0 aromatic rings. The van der Waals surface area contributed by atoms with Gasteiger partial charge in [-0.1, -0.05) is 39.5 Å². The van der Waals surface area contributed by atoms with Gasteiger partial charge in [-0.2, -0.15) is 0 Å². The Morgan fingerprint density at radius 2 is 1.60 bits per heavy atom. The van der Waals surface area contributed by atoms with Gasteiger partial charge < -0.3 is 14.3 Å². The van der Waals surface area contributed by atoms with Crippen molar-refractivity contribution in [1.82, 2.24) is 0 Å². The largest absolute Gasteiger partial charge is 0.460 e. The molecule has 7 heteroatoms. The fourth-order valence-electron chi connectivity index (χ4n) is 12.2. The van der Waals surface area contributed by atoms with Gasteiger partial charge in [0.1, 0.15) is 18.0 Å². The first-order valence-corrected chi connectivity index (χ1v) is 18.2. The molecule has 4 fully saturated rings. The van der Waals surface area contributed by atoms with Crippen LogP contribution in [0.2, 0.25) is 0 Å². The Morgan fingerprint density at radius 3 is 2.17 bits per heavy atom. The lowest BCUT2D eigenvalue weighted by Crippen LogP contribution is -2.74. The van der Waals surface area contributed by atoms with Gasteiger partial charge in [-0.25, -0.2) is 0 Å². The van der Waals surface area contributed by atoms with E-state index < -0.39 is 27.8 Å². The zero-order valence-electron chi connectivity index (χ0n) is 30.9. The summed E-state index contributed by atoms with van der Waals surface area (Å²) in [7, 11) is 0. The van der Waals surface area contributed by atoms with Crippen molar-refractivity contribution >= 4 is 24.0 Å². The molecule has 0 saturated heterocycles. The summed E-state index contributed by atoms with van der Waals surface area (Å²) in [6, 6.07) is 3.42. The Kier molecular flexibility index (Phi) is 7.51. The first kappa shape index (κ1) is 34.4. The SMILES string of the molecule is CC(C)C1=C2[C@H]3CC[C@@H]4[C@@]5(C)CC[C@H](OC(=O)CC(C)(C)C(=O)OC(C)(C)C)[C@@]6(C)C#[N+][C@@]65CC[C@@]4(C)[C@]3(C)CC[C@@]2(C=O)CC1=O. The van der Waals surface area contributed by atoms with Crippen molar-refractivity contribution < 1.29 is 28.7 Å². The second kappa shape index (κ2) is 10.3. The Morgan fingerprint density at radius 1 is 0.936 bits per heavy atom. The molecule has 7 nitrogen and oxygen atoms in total. The first-order valence-electron chi connectivity index (χ1n) is 18.2. The molecule has 9 atom stereocenters. The van der Waals surface area contributed by atoms with Crippen LogP contribution in [0.15, 0.2) is 11.1 Å². The number of ether oxygens (including phenoxy) is 2. The summed E-state index contributed by atoms with van der Waals surface area (Å²) >= 11 is 0. The average molecular weight is 649 g/mol. The van der Waals surface area contributed by atoms with Gasteiger partial charge in [-0.15, -0.1) is 0 Å². The number of esters is 2. The van der Waals surface area contributed by atoms with E-state index in [-0.39, 0.29) is 57.9 Å². The zero-order valence-corrected chi connectivity index (χ0v) is 30.9. The lowest BCUT2D eigenvalue weighted by Gasteiger charge is -2.71. The van der Waals surface area contributed by atoms with E-state index in [1.165, 1.54) is 5.57 Å². The minimum Gasteiger partial charge on any atom is -0.460 e. The van der Waals surface area contributed by atoms with Crippen LogP contribution in [0.4, 0.5) is 0 Å². The highest BCUT2D eigenvalue weighted by atomic mass is 16.6. The molecule has 5 aliphatic carbocycles. The summed E-state index contributed by atoms with van der Waals surface area (Å²) in [5.41, 5.74) is -1.11. The minimum atomic E-state index is -0.999. The van der Waals surface area contributed by atoms with Crippen LogP contribution in [-0.2, 0) is 28.7 Å². The van der Waals surface area contributed by atoms with E-state index >= 15 is 0 Å². The first-order chi connectivity index (χ1) is 21.6. The van der Waals surface area contributed by atoms with Crippen LogP contribution in [0.1, 0.15) is 140 Å². The van der Waals surface area contributed by atoms with Crippen molar-refractivity contribution in [2.45, 2.75) is 158 Å². The lowest BCUT2D eigenvalue weighted by molar-refractivity contribution is -0.230. The van der Waals surface area contributed by atoms with Crippen molar-refractivity contribution in [3.63, 3.8) is 0 Å². The molecule has 258 valence electrons. The monoisotopic (exact) mass is 648 g/mol. The highest BCUT2D eigenvalue weighted by Crippen LogP contribution is 2.79. The number of ketones is 1. The van der Waals surface area contributed by atoms with Crippen LogP contribution < -0.4 is 0 Å². The van der Waals surface area contributed by atoms with Crippen molar-refractivity contribution in [1.29, 1.82) is 0 Å². The second-order valence-electron chi connectivity index (χ2n) is 19.2. The van der Waals surface area contributed by atoms with E-state index in [1.807, 2.05) is 20.8 Å². The van der Waals surface area contributed by atoms with Crippen LogP contribution in [-0.4, -0.2) is 41.3 Å². The van der Waals surface area contributed by atoms with E-state index in [0.717, 1.165) is 63.2 Å². The maximum absolute atomic E-state index is 13.4. The quantitative estimate of drug-likeness (QED) is 0.213. The predicted molar refractivity (Wildman–Crippen MR) is 180 cm³/mol. The van der Waals surface area contributed by atoms with Crippen molar-refractivity contribution in [3.8, 4) is 6.07 Å². The Bertz CT molecular complexity index is 1520. The Hall–Kier alpha value is -2.49. The van der Waals surface area contributed by atoms with E-state index in [1.54, 1.807) is 13.8 Å². The maximum Gasteiger partial charge on any atom is 0.312 e. The number of carbonyl (C=O) groups excluding carboxylic acids is 4. The van der Waals surface area contributed by atoms with Crippen LogP contribution in [0, 0.1) is 56.3 Å². The van der Waals surface area contributed by atoms with Crippen LogP contribution >= 0.6 is 0 Å². The number of rotatable bonds is 6. The molecule has 4 saturated carbocycles. The number of aldehydes is 1. The van der Waals surface area contributed by atoms with E-state index in [4.69, 9.17) is 14.3 Å². The molecule has 0 unspecified atom stereocenters. The van der Waals surface area contributed by atoms with Gasteiger partial charge in [0.05, 0.1) is 22.7 Å². The normalized spacial score (nSPS) is 43.7. The second-order valence-corrected chi connectivity index (χ2v) is 19.2. The molecule has 47 heavy (non-hydrogen) atoms. The summed E-state index contributed by atoms with van der Waals surface area (Å²) < 4.78 is 11.9. The smallest absolute Gasteiger partial charge is 0.312 e. The predicted octanol–water partition coefficient (Wildman–Crippen LogP) is 8.29. The van der Waals surface area contributed by atoms with Crippen LogP contribution in [0.5, 0.6) is 0 Å². The number of fused-ring (bicyclic) bond motifs is 6. The summed E-state index contributed by atoms with van der Waals surface area (Å²) in [6.07, 6.45) is 8.34. The number of Topliss-reactive ketones (excluding diaryl/α,β-unsaturated/α-hetero) is 1. The molecule has 0 aromatic heterocycles. The highest BCUT2D eigenvalue weighted by molar-refractivity contribution is 6.04. The molecule has 1 heterocycles. The van der Waals surface area contributed by atoms with Gasteiger partial charge in [0.25, 0.3) is 6.07 Å². The third-order valence-electron chi connectivity index (χ3n) is 14.9. The van der Waals surface area contributed by atoms with Gasteiger partial charge in [-0.05, 0) is 126 Å². The van der Waals surface area contributed by atoms with Crippen molar-refractivity contribution in [2.24, 2.45) is 50.2 Å². The molecule has 0 radical (unpaired) electrons.